The third-order valence-electron chi connectivity index (χ3n) is 7.96. The Morgan fingerprint density at radius 3 is 2.74 bits per heavy atom. The summed E-state index contributed by atoms with van der Waals surface area (Å²) >= 11 is 0. The molecule has 5 fully saturated rings. The maximum Gasteiger partial charge on any atom is 0.157 e. The number of ether oxygens (including phenoxy) is 3. The number of ketones is 1. The van der Waals surface area contributed by atoms with Gasteiger partial charge in [-0.3, -0.25) is 4.79 Å². The summed E-state index contributed by atoms with van der Waals surface area (Å²) in [6.07, 6.45) is 8.61. The molecule has 7 atom stereocenters. The molecule has 0 aromatic rings. The maximum absolute atomic E-state index is 12.6. The van der Waals surface area contributed by atoms with Crippen LogP contribution in [-0.4, -0.2) is 36.5 Å². The summed E-state index contributed by atoms with van der Waals surface area (Å²) in [6.45, 7) is 5.39. The van der Waals surface area contributed by atoms with Gasteiger partial charge in [-0.25, -0.2) is 0 Å². The van der Waals surface area contributed by atoms with Gasteiger partial charge in [-0.1, -0.05) is 13.8 Å². The predicted molar refractivity (Wildman–Crippen MR) is 83.9 cm³/mol. The number of epoxide rings is 1. The fourth-order valence-corrected chi connectivity index (χ4v) is 6.66. The topological polar surface area (TPSA) is 48.1 Å². The lowest BCUT2D eigenvalue weighted by atomic mass is 9.49. The van der Waals surface area contributed by atoms with Crippen LogP contribution < -0.4 is 0 Å². The molecule has 2 saturated heterocycles. The molecule has 2 heterocycles. The summed E-state index contributed by atoms with van der Waals surface area (Å²) in [7, 11) is 0. The third kappa shape index (κ3) is 1.56. The fraction of sp³-hybridized carbons (Fsp3) is 0.947. The Kier molecular flexibility index (Phi) is 2.96. The van der Waals surface area contributed by atoms with E-state index in [9.17, 15) is 4.79 Å². The molecule has 5 rings (SSSR count). The van der Waals surface area contributed by atoms with E-state index in [1.165, 1.54) is 6.42 Å². The standard InChI is InChI=1S/C19H28O4/c1-12-11-13(20)18(12)9-8-17(2)14(6-7-15-19(17,18)23-15)22-16-5-3-4-10-21-16/h12,14-16H,3-11H2,1-2H3. The van der Waals surface area contributed by atoms with Gasteiger partial charge in [0.1, 0.15) is 11.4 Å². The Balaban J connectivity index is 1.45. The SMILES string of the molecule is CC1CC(=O)C12CCC1(C)C(OC3CCCCO3)CCC3OC312. The van der Waals surface area contributed by atoms with Crippen LogP contribution in [0.15, 0.2) is 0 Å². The molecule has 0 amide bonds. The minimum absolute atomic E-state index is 0.0267. The first-order valence-electron chi connectivity index (χ1n) is 9.53. The van der Waals surface area contributed by atoms with Crippen molar-refractivity contribution in [3.05, 3.63) is 0 Å². The predicted octanol–water partition coefficient (Wildman–Crippen LogP) is 3.23. The van der Waals surface area contributed by atoms with E-state index >= 15 is 0 Å². The van der Waals surface area contributed by atoms with Crippen molar-refractivity contribution in [2.75, 3.05) is 6.61 Å². The summed E-state index contributed by atoms with van der Waals surface area (Å²) < 4.78 is 18.7. The number of hydrogen-bond donors (Lipinski definition) is 0. The smallest absolute Gasteiger partial charge is 0.157 e. The van der Waals surface area contributed by atoms with Gasteiger partial charge in [0.15, 0.2) is 6.29 Å². The maximum atomic E-state index is 12.6. The largest absolute Gasteiger partial charge is 0.364 e. The van der Waals surface area contributed by atoms with Crippen LogP contribution >= 0.6 is 0 Å². The van der Waals surface area contributed by atoms with Crippen LogP contribution in [0.2, 0.25) is 0 Å². The first-order chi connectivity index (χ1) is 11.0. The van der Waals surface area contributed by atoms with E-state index in [4.69, 9.17) is 14.2 Å². The Hall–Kier alpha value is -0.450. The fourth-order valence-electron chi connectivity index (χ4n) is 6.66. The molecule has 0 radical (unpaired) electrons. The molecule has 4 nitrogen and oxygen atoms in total. The molecule has 2 aliphatic heterocycles. The van der Waals surface area contributed by atoms with E-state index in [0.29, 0.717) is 11.7 Å². The van der Waals surface area contributed by atoms with Crippen LogP contribution in [0.1, 0.15) is 65.2 Å². The number of rotatable bonds is 2. The minimum atomic E-state index is -0.230. The van der Waals surface area contributed by atoms with Crippen LogP contribution in [0.4, 0.5) is 0 Å². The molecular weight excluding hydrogens is 292 g/mol. The molecule has 128 valence electrons. The van der Waals surface area contributed by atoms with Crippen molar-refractivity contribution >= 4 is 5.78 Å². The van der Waals surface area contributed by atoms with Crippen molar-refractivity contribution < 1.29 is 19.0 Å². The van der Waals surface area contributed by atoms with E-state index in [1.807, 2.05) is 0 Å². The molecule has 3 saturated carbocycles. The van der Waals surface area contributed by atoms with Crippen LogP contribution in [0.25, 0.3) is 0 Å². The molecule has 4 heteroatoms. The summed E-state index contributed by atoms with van der Waals surface area (Å²) in [6, 6.07) is 0. The summed E-state index contributed by atoms with van der Waals surface area (Å²) in [5.74, 6) is 0.914. The molecule has 7 unspecified atom stereocenters. The van der Waals surface area contributed by atoms with E-state index < -0.39 is 0 Å². The van der Waals surface area contributed by atoms with Crippen molar-refractivity contribution in [2.24, 2.45) is 16.7 Å². The molecule has 0 aromatic heterocycles. The van der Waals surface area contributed by atoms with Crippen LogP contribution in [0, 0.1) is 16.7 Å². The highest BCUT2D eigenvalue weighted by atomic mass is 16.7. The first-order valence-corrected chi connectivity index (χ1v) is 9.53. The average molecular weight is 320 g/mol. The molecule has 23 heavy (non-hydrogen) atoms. The van der Waals surface area contributed by atoms with Gasteiger partial charge in [0, 0.05) is 18.4 Å². The Morgan fingerprint density at radius 2 is 2.04 bits per heavy atom. The lowest BCUT2D eigenvalue weighted by Gasteiger charge is -2.52. The summed E-state index contributed by atoms with van der Waals surface area (Å²) in [5, 5.41) is 0. The van der Waals surface area contributed by atoms with E-state index in [2.05, 4.69) is 13.8 Å². The van der Waals surface area contributed by atoms with Crippen molar-refractivity contribution in [3.8, 4) is 0 Å². The normalized spacial score (nSPS) is 57.7. The molecule has 5 aliphatic rings. The number of hydrogen-bond acceptors (Lipinski definition) is 4. The average Bonchev–Trinajstić information content (AvgIpc) is 3.21. The van der Waals surface area contributed by atoms with E-state index in [0.717, 1.165) is 51.6 Å². The first kappa shape index (κ1) is 14.9. The van der Waals surface area contributed by atoms with Gasteiger partial charge in [-0.2, -0.15) is 0 Å². The third-order valence-corrected chi connectivity index (χ3v) is 7.96. The van der Waals surface area contributed by atoms with Gasteiger partial charge in [0.05, 0.1) is 17.6 Å². The number of carbonyl (C=O) groups excluding carboxylic acids is 1. The second-order valence-corrected chi connectivity index (χ2v) is 8.76. The highest BCUT2D eigenvalue weighted by Crippen LogP contribution is 2.78. The van der Waals surface area contributed by atoms with Crippen LogP contribution in [0.5, 0.6) is 0 Å². The van der Waals surface area contributed by atoms with Crippen LogP contribution in [0.3, 0.4) is 0 Å². The van der Waals surface area contributed by atoms with E-state index in [1.54, 1.807) is 0 Å². The molecule has 3 aliphatic carbocycles. The van der Waals surface area contributed by atoms with Gasteiger partial charge in [-0.15, -0.1) is 0 Å². The Labute approximate surface area is 138 Å². The lowest BCUT2D eigenvalue weighted by molar-refractivity contribution is -0.225. The Morgan fingerprint density at radius 1 is 1.17 bits per heavy atom. The zero-order valence-electron chi connectivity index (χ0n) is 14.3. The molecule has 0 N–H and O–H groups in total. The summed E-state index contributed by atoms with van der Waals surface area (Å²) in [5.41, 5.74) is -0.463. The quantitative estimate of drug-likeness (QED) is 0.733. The van der Waals surface area contributed by atoms with Crippen molar-refractivity contribution in [1.29, 1.82) is 0 Å². The van der Waals surface area contributed by atoms with Crippen molar-refractivity contribution in [2.45, 2.75) is 89.3 Å². The Bertz CT molecular complexity index is 541. The van der Waals surface area contributed by atoms with Crippen molar-refractivity contribution in [3.63, 3.8) is 0 Å². The van der Waals surface area contributed by atoms with Gasteiger partial charge in [0.2, 0.25) is 0 Å². The monoisotopic (exact) mass is 320 g/mol. The highest BCUT2D eigenvalue weighted by Gasteiger charge is 2.87. The lowest BCUT2D eigenvalue weighted by Crippen LogP contribution is -2.63. The van der Waals surface area contributed by atoms with Crippen LogP contribution in [-0.2, 0) is 19.0 Å². The van der Waals surface area contributed by atoms with Gasteiger partial charge in [-0.05, 0) is 50.9 Å². The van der Waals surface area contributed by atoms with Gasteiger partial charge < -0.3 is 14.2 Å². The number of carbonyl (C=O) groups is 1. The molecule has 0 bridgehead atoms. The minimum Gasteiger partial charge on any atom is -0.364 e. The zero-order chi connectivity index (χ0) is 15.9. The second kappa shape index (κ2) is 4.59. The zero-order valence-corrected chi connectivity index (χ0v) is 14.3. The second-order valence-electron chi connectivity index (χ2n) is 8.76. The number of Topliss-reactive ketones (excluding diaryl/α,β-unsaturated/α-hetero) is 1. The van der Waals surface area contributed by atoms with Gasteiger partial charge >= 0.3 is 0 Å². The molecule has 2 spiro atoms. The highest BCUT2D eigenvalue weighted by molar-refractivity contribution is 5.94. The summed E-state index contributed by atoms with van der Waals surface area (Å²) in [4.78, 5) is 12.6. The molecular formula is C19H28O4. The van der Waals surface area contributed by atoms with Crippen molar-refractivity contribution in [1.82, 2.24) is 0 Å². The molecule has 0 aromatic carbocycles. The van der Waals surface area contributed by atoms with Gasteiger partial charge in [0.25, 0.3) is 0 Å². The van der Waals surface area contributed by atoms with E-state index in [-0.39, 0.29) is 34.9 Å².